The minimum absolute atomic E-state index is 0. The Morgan fingerprint density at radius 1 is 0.625 bits per heavy atom. The minimum atomic E-state index is 0. The van der Waals surface area contributed by atoms with Gasteiger partial charge in [-0.2, -0.15) is 0 Å². The molecule has 6 nitrogen and oxygen atoms in total. The Labute approximate surface area is 127 Å². The van der Waals surface area contributed by atoms with Crippen LogP contribution >= 0.6 is 0 Å². The third-order valence-corrected chi connectivity index (χ3v) is 0.886. The van der Waals surface area contributed by atoms with E-state index in [0.717, 1.165) is 0 Å². The summed E-state index contributed by atoms with van der Waals surface area (Å²) in [5.74, 6) is 0. The summed E-state index contributed by atoms with van der Waals surface area (Å²) in [5.41, 5.74) is 0. The third-order valence-electron chi connectivity index (χ3n) is 0.886. The van der Waals surface area contributed by atoms with Crippen molar-refractivity contribution in [3.05, 3.63) is 0 Å². The molecular weight excluding hydrogens is 371 g/mol. The Morgan fingerprint density at radius 2 is 0.812 bits per heavy atom. The predicted octanol–water partition coefficient (Wildman–Crippen LogP) is -1.12. The minimum Gasteiger partial charge on any atom is -0.394 e. The SMILES string of the molecule is COCCO.COCCO.COCCO.[Er]. The Balaban J connectivity index is -0.0000000655. The van der Waals surface area contributed by atoms with Gasteiger partial charge in [-0.05, 0) is 0 Å². The molecule has 0 heterocycles. The van der Waals surface area contributed by atoms with Crippen LogP contribution in [0, 0.1) is 37.3 Å². The predicted molar refractivity (Wildman–Crippen MR) is 56.9 cm³/mol. The molecule has 0 aromatic carbocycles. The molecule has 0 bridgehead atoms. The molecule has 0 aliphatic heterocycles. The summed E-state index contributed by atoms with van der Waals surface area (Å²) in [5, 5.41) is 23.8. The van der Waals surface area contributed by atoms with E-state index >= 15 is 0 Å². The normalized spacial score (nSPS) is 7.88. The molecule has 108 valence electrons. The van der Waals surface area contributed by atoms with E-state index in [4.69, 9.17) is 15.3 Å². The summed E-state index contributed by atoms with van der Waals surface area (Å²) in [6.07, 6.45) is 0. The van der Waals surface area contributed by atoms with E-state index < -0.39 is 0 Å². The van der Waals surface area contributed by atoms with Crippen molar-refractivity contribution in [3.8, 4) is 0 Å². The number of ether oxygens (including phenoxy) is 3. The quantitative estimate of drug-likeness (QED) is 0.528. The van der Waals surface area contributed by atoms with Crippen LogP contribution in [0.1, 0.15) is 0 Å². The van der Waals surface area contributed by atoms with Gasteiger partial charge in [0.05, 0.1) is 39.6 Å². The summed E-state index contributed by atoms with van der Waals surface area (Å²) >= 11 is 0. The van der Waals surface area contributed by atoms with E-state index in [-0.39, 0.29) is 57.1 Å². The molecule has 0 saturated heterocycles. The van der Waals surface area contributed by atoms with Crippen molar-refractivity contribution in [1.82, 2.24) is 0 Å². The van der Waals surface area contributed by atoms with Crippen molar-refractivity contribution >= 4 is 0 Å². The van der Waals surface area contributed by atoms with Crippen LogP contribution in [-0.2, 0) is 14.2 Å². The number of methoxy groups -OCH3 is 3. The number of aliphatic hydroxyl groups is 3. The average molecular weight is 396 g/mol. The molecule has 7 heteroatoms. The first-order chi connectivity index (χ1) is 7.24. The maximum atomic E-state index is 7.94. The van der Waals surface area contributed by atoms with Crippen molar-refractivity contribution in [3.63, 3.8) is 0 Å². The molecule has 0 unspecified atom stereocenters. The second-order valence-corrected chi connectivity index (χ2v) is 2.15. The van der Waals surface area contributed by atoms with Crippen LogP contribution in [-0.4, -0.2) is 76.3 Å². The Hall–Kier alpha value is 1.01. The van der Waals surface area contributed by atoms with Gasteiger partial charge >= 0.3 is 0 Å². The van der Waals surface area contributed by atoms with Gasteiger partial charge in [0, 0.05) is 58.6 Å². The monoisotopic (exact) mass is 394 g/mol. The topological polar surface area (TPSA) is 88.4 Å². The van der Waals surface area contributed by atoms with Crippen molar-refractivity contribution in [2.75, 3.05) is 61.0 Å². The number of rotatable bonds is 6. The van der Waals surface area contributed by atoms with Gasteiger partial charge in [-0.3, -0.25) is 0 Å². The zero-order valence-electron chi connectivity index (χ0n) is 10.1. The van der Waals surface area contributed by atoms with Crippen LogP contribution < -0.4 is 0 Å². The van der Waals surface area contributed by atoms with Gasteiger partial charge in [0.2, 0.25) is 0 Å². The number of hydrogen-bond acceptors (Lipinski definition) is 6. The summed E-state index contributed by atoms with van der Waals surface area (Å²) in [4.78, 5) is 0. The molecule has 0 radical (unpaired) electrons. The van der Waals surface area contributed by atoms with Crippen molar-refractivity contribution < 1.29 is 66.8 Å². The van der Waals surface area contributed by atoms with E-state index in [0.29, 0.717) is 19.8 Å². The fourth-order valence-corrected chi connectivity index (χ4v) is 0.274. The largest absolute Gasteiger partial charge is 0.394 e. The van der Waals surface area contributed by atoms with Gasteiger partial charge in [-0.1, -0.05) is 0 Å². The zero-order chi connectivity index (χ0) is 12.4. The van der Waals surface area contributed by atoms with E-state index in [1.54, 1.807) is 21.3 Å². The molecule has 16 heavy (non-hydrogen) atoms. The summed E-state index contributed by atoms with van der Waals surface area (Å²) in [6, 6.07) is 0. The smallest absolute Gasteiger partial charge is 0.0693 e. The molecule has 0 atom stereocenters. The van der Waals surface area contributed by atoms with E-state index in [2.05, 4.69) is 14.2 Å². The van der Waals surface area contributed by atoms with Gasteiger partial charge in [0.1, 0.15) is 0 Å². The molecular formula is C9H24ErO6. The van der Waals surface area contributed by atoms with E-state index in [9.17, 15) is 0 Å². The van der Waals surface area contributed by atoms with Gasteiger partial charge in [0.25, 0.3) is 0 Å². The van der Waals surface area contributed by atoms with Crippen LogP contribution in [0.4, 0.5) is 0 Å². The van der Waals surface area contributed by atoms with Gasteiger partial charge in [-0.15, -0.1) is 0 Å². The fourth-order valence-electron chi connectivity index (χ4n) is 0.274. The summed E-state index contributed by atoms with van der Waals surface area (Å²) in [7, 11) is 4.66. The number of hydrogen-bond donors (Lipinski definition) is 3. The van der Waals surface area contributed by atoms with E-state index in [1.807, 2.05) is 0 Å². The van der Waals surface area contributed by atoms with Crippen molar-refractivity contribution in [2.45, 2.75) is 0 Å². The molecule has 0 aromatic heterocycles. The van der Waals surface area contributed by atoms with Crippen LogP contribution in [0.15, 0.2) is 0 Å². The van der Waals surface area contributed by atoms with Gasteiger partial charge in [-0.25, -0.2) is 0 Å². The first-order valence-electron chi connectivity index (χ1n) is 4.54. The first kappa shape index (κ1) is 25.8. The van der Waals surface area contributed by atoms with Crippen LogP contribution in [0.25, 0.3) is 0 Å². The Bertz CT molecular complexity index is 56.8. The molecule has 0 rings (SSSR count). The maximum Gasteiger partial charge on any atom is 0.0693 e. The Kier molecular flexibility index (Phi) is 58.0. The first-order valence-corrected chi connectivity index (χ1v) is 4.54. The van der Waals surface area contributed by atoms with Gasteiger partial charge in [0.15, 0.2) is 0 Å². The van der Waals surface area contributed by atoms with Gasteiger partial charge < -0.3 is 29.5 Å². The van der Waals surface area contributed by atoms with E-state index in [1.165, 1.54) is 0 Å². The molecule has 0 aliphatic carbocycles. The van der Waals surface area contributed by atoms with Crippen molar-refractivity contribution in [2.24, 2.45) is 0 Å². The fraction of sp³-hybridized carbons (Fsp3) is 1.00. The maximum absolute atomic E-state index is 7.94. The zero-order valence-corrected chi connectivity index (χ0v) is 11.9. The second-order valence-electron chi connectivity index (χ2n) is 2.15. The molecule has 0 saturated carbocycles. The summed E-state index contributed by atoms with van der Waals surface area (Å²) in [6.45, 7) is 1.70. The van der Waals surface area contributed by atoms with Crippen LogP contribution in [0.3, 0.4) is 0 Å². The number of aliphatic hydroxyl groups excluding tert-OH is 3. The standard InChI is InChI=1S/3C3H8O2.Er/c3*1-5-3-2-4;/h3*4H,2-3H2,1H3;. The molecule has 3 N–H and O–H groups in total. The second kappa shape index (κ2) is 36.0. The molecule has 0 amide bonds. The average Bonchev–Trinajstić information content (AvgIpc) is 2.23. The molecule has 0 spiro atoms. The Morgan fingerprint density at radius 3 is 0.812 bits per heavy atom. The van der Waals surface area contributed by atoms with Crippen LogP contribution in [0.5, 0.6) is 0 Å². The molecule has 0 fully saturated rings. The third kappa shape index (κ3) is 60.0. The molecule has 0 aromatic rings. The summed E-state index contributed by atoms with van der Waals surface area (Å²) < 4.78 is 13.3. The van der Waals surface area contributed by atoms with Crippen LogP contribution in [0.2, 0.25) is 0 Å². The molecule has 0 aliphatic rings. The van der Waals surface area contributed by atoms with Crippen molar-refractivity contribution in [1.29, 1.82) is 0 Å².